The number of carbonyl (C=O) groups is 1. The van der Waals surface area contributed by atoms with Gasteiger partial charge in [-0.3, -0.25) is 4.79 Å². The summed E-state index contributed by atoms with van der Waals surface area (Å²) in [6.07, 6.45) is 6.40. The second kappa shape index (κ2) is 6.67. The van der Waals surface area contributed by atoms with Crippen molar-refractivity contribution in [1.82, 2.24) is 19.4 Å². The third kappa shape index (κ3) is 3.69. The highest BCUT2D eigenvalue weighted by atomic mass is 32.1. The lowest BCUT2D eigenvalue weighted by molar-refractivity contribution is -0.132. The quantitative estimate of drug-likeness (QED) is 0.856. The fourth-order valence-electron chi connectivity index (χ4n) is 3.18. The van der Waals surface area contributed by atoms with Crippen LogP contribution in [-0.2, 0) is 16.6 Å². The summed E-state index contributed by atoms with van der Waals surface area (Å²) in [5.41, 5.74) is 0.942. The number of amides is 1. The number of carbonyl (C=O) groups excluding carboxylic acids is 1. The van der Waals surface area contributed by atoms with Gasteiger partial charge in [0, 0.05) is 36.3 Å². The summed E-state index contributed by atoms with van der Waals surface area (Å²) in [4.78, 5) is 23.6. The van der Waals surface area contributed by atoms with Gasteiger partial charge in [-0.05, 0) is 19.8 Å². The Balaban J connectivity index is 1.64. The lowest BCUT2D eigenvalue weighted by Crippen LogP contribution is -2.41. The predicted molar refractivity (Wildman–Crippen MR) is 96.3 cm³/mol. The van der Waals surface area contributed by atoms with Gasteiger partial charge in [-0.1, -0.05) is 20.8 Å². The molecule has 2 aromatic rings. The van der Waals surface area contributed by atoms with Crippen molar-refractivity contribution in [2.75, 3.05) is 13.1 Å². The van der Waals surface area contributed by atoms with Crippen molar-refractivity contribution < 1.29 is 4.79 Å². The van der Waals surface area contributed by atoms with E-state index in [0.717, 1.165) is 42.5 Å². The van der Waals surface area contributed by atoms with E-state index in [9.17, 15) is 4.79 Å². The SMILES string of the molecule is Cc1nccn1[C@@H]1CCCN(C(=O)Cc2csc(C(C)(C)C)n2)C1. The van der Waals surface area contributed by atoms with Gasteiger partial charge in [0.2, 0.25) is 5.91 Å². The molecule has 3 heterocycles. The number of aryl methyl sites for hydroxylation is 1. The Morgan fingerprint density at radius 2 is 2.21 bits per heavy atom. The van der Waals surface area contributed by atoms with Crippen LogP contribution in [0.1, 0.15) is 56.2 Å². The van der Waals surface area contributed by atoms with Gasteiger partial charge >= 0.3 is 0 Å². The Hall–Kier alpha value is -1.69. The zero-order valence-corrected chi connectivity index (χ0v) is 15.8. The van der Waals surface area contributed by atoms with Gasteiger partial charge in [-0.15, -0.1) is 11.3 Å². The van der Waals surface area contributed by atoms with E-state index < -0.39 is 0 Å². The Morgan fingerprint density at radius 1 is 1.42 bits per heavy atom. The second-order valence-corrected chi connectivity index (χ2v) is 8.45. The van der Waals surface area contributed by atoms with E-state index in [1.54, 1.807) is 11.3 Å². The lowest BCUT2D eigenvalue weighted by Gasteiger charge is -2.34. The van der Waals surface area contributed by atoms with Crippen LogP contribution in [0.5, 0.6) is 0 Å². The molecule has 3 rings (SSSR count). The van der Waals surface area contributed by atoms with Gasteiger partial charge < -0.3 is 9.47 Å². The molecule has 0 spiro atoms. The third-order valence-corrected chi connectivity index (χ3v) is 5.85. The molecular weight excluding hydrogens is 320 g/mol. The monoisotopic (exact) mass is 346 g/mol. The molecular formula is C18H26N4OS. The maximum atomic E-state index is 12.7. The number of hydrogen-bond acceptors (Lipinski definition) is 4. The number of likely N-dealkylation sites (tertiary alicyclic amines) is 1. The van der Waals surface area contributed by atoms with Gasteiger partial charge in [-0.2, -0.15) is 0 Å². The topological polar surface area (TPSA) is 51.0 Å². The molecule has 0 N–H and O–H groups in total. The van der Waals surface area contributed by atoms with Crippen molar-refractivity contribution in [1.29, 1.82) is 0 Å². The Morgan fingerprint density at radius 3 is 2.83 bits per heavy atom. The highest BCUT2D eigenvalue weighted by Gasteiger charge is 2.26. The van der Waals surface area contributed by atoms with Crippen molar-refractivity contribution in [2.45, 2.75) is 58.4 Å². The van der Waals surface area contributed by atoms with Crippen molar-refractivity contribution in [3.05, 3.63) is 34.3 Å². The summed E-state index contributed by atoms with van der Waals surface area (Å²) < 4.78 is 2.19. The first-order valence-electron chi connectivity index (χ1n) is 8.56. The molecule has 1 amide bonds. The van der Waals surface area contributed by atoms with Gasteiger partial charge in [0.1, 0.15) is 5.82 Å². The normalized spacial score (nSPS) is 18.8. The van der Waals surface area contributed by atoms with Gasteiger partial charge in [-0.25, -0.2) is 9.97 Å². The number of aromatic nitrogens is 3. The molecule has 0 unspecified atom stereocenters. The summed E-state index contributed by atoms with van der Waals surface area (Å²) in [6, 6.07) is 0.339. The largest absolute Gasteiger partial charge is 0.340 e. The van der Waals surface area contributed by atoms with Crippen LogP contribution < -0.4 is 0 Å². The van der Waals surface area contributed by atoms with Crippen LogP contribution in [0, 0.1) is 6.92 Å². The molecule has 0 saturated carbocycles. The van der Waals surface area contributed by atoms with Crippen molar-refractivity contribution in [3.63, 3.8) is 0 Å². The maximum Gasteiger partial charge on any atom is 0.228 e. The van der Waals surface area contributed by atoms with Crippen molar-refractivity contribution in [3.8, 4) is 0 Å². The number of thiazole rings is 1. The fraction of sp³-hybridized carbons (Fsp3) is 0.611. The zero-order valence-electron chi connectivity index (χ0n) is 15.0. The first kappa shape index (κ1) is 17.1. The third-order valence-electron chi connectivity index (χ3n) is 4.53. The number of piperidine rings is 1. The van der Waals surface area contributed by atoms with Crippen LogP contribution in [0.25, 0.3) is 0 Å². The van der Waals surface area contributed by atoms with Crippen molar-refractivity contribution >= 4 is 17.2 Å². The highest BCUT2D eigenvalue weighted by molar-refractivity contribution is 7.09. The molecule has 5 nitrogen and oxygen atoms in total. The molecule has 0 aliphatic carbocycles. The number of imidazole rings is 1. The van der Waals surface area contributed by atoms with E-state index in [0.29, 0.717) is 12.5 Å². The Kier molecular flexibility index (Phi) is 4.76. The van der Waals surface area contributed by atoms with Crippen LogP contribution in [0.15, 0.2) is 17.8 Å². The lowest BCUT2D eigenvalue weighted by atomic mass is 9.98. The van der Waals surface area contributed by atoms with E-state index in [2.05, 4.69) is 35.3 Å². The minimum absolute atomic E-state index is 0.0428. The van der Waals surface area contributed by atoms with Crippen LogP contribution >= 0.6 is 11.3 Å². The van der Waals surface area contributed by atoms with Crippen molar-refractivity contribution in [2.24, 2.45) is 0 Å². The summed E-state index contributed by atoms with van der Waals surface area (Å²) in [7, 11) is 0. The predicted octanol–water partition coefficient (Wildman–Crippen LogP) is 3.35. The first-order chi connectivity index (χ1) is 11.3. The van der Waals surface area contributed by atoms with E-state index >= 15 is 0 Å². The number of hydrogen-bond donors (Lipinski definition) is 0. The summed E-state index contributed by atoms with van der Waals surface area (Å²) in [5.74, 6) is 1.20. The van der Waals surface area contributed by atoms with E-state index in [1.807, 2.05) is 29.6 Å². The van der Waals surface area contributed by atoms with Gasteiger partial charge in [0.05, 0.1) is 23.2 Å². The van der Waals surface area contributed by atoms with Crippen LogP contribution in [-0.4, -0.2) is 38.4 Å². The van der Waals surface area contributed by atoms with Gasteiger partial charge in [0.25, 0.3) is 0 Å². The van der Waals surface area contributed by atoms with Crippen LogP contribution in [0.2, 0.25) is 0 Å². The van der Waals surface area contributed by atoms with Crippen LogP contribution in [0.4, 0.5) is 0 Å². The van der Waals surface area contributed by atoms with Crippen LogP contribution in [0.3, 0.4) is 0 Å². The average molecular weight is 347 g/mol. The minimum Gasteiger partial charge on any atom is -0.340 e. The van der Waals surface area contributed by atoms with Gasteiger partial charge in [0.15, 0.2) is 0 Å². The smallest absolute Gasteiger partial charge is 0.228 e. The minimum atomic E-state index is 0.0428. The molecule has 0 aromatic carbocycles. The highest BCUT2D eigenvalue weighted by Crippen LogP contribution is 2.27. The molecule has 6 heteroatoms. The average Bonchev–Trinajstić information content (AvgIpc) is 3.16. The maximum absolute atomic E-state index is 12.7. The summed E-state index contributed by atoms with van der Waals surface area (Å²) >= 11 is 1.65. The molecule has 130 valence electrons. The summed E-state index contributed by atoms with van der Waals surface area (Å²) in [6.45, 7) is 10.1. The van der Waals surface area contributed by atoms with E-state index in [4.69, 9.17) is 0 Å². The molecule has 1 aliphatic heterocycles. The first-order valence-corrected chi connectivity index (χ1v) is 9.44. The molecule has 24 heavy (non-hydrogen) atoms. The fourth-order valence-corrected chi connectivity index (χ4v) is 4.09. The molecule has 2 aromatic heterocycles. The molecule has 1 fully saturated rings. The standard InChI is InChI=1S/C18H26N4OS/c1-13-19-7-9-22(13)15-6-5-8-21(11-15)16(23)10-14-12-24-17(20-14)18(2,3)4/h7,9,12,15H,5-6,8,10-11H2,1-4H3/t15-/m1/s1. The Bertz CT molecular complexity index is 713. The number of rotatable bonds is 3. The second-order valence-electron chi connectivity index (χ2n) is 7.59. The molecule has 0 bridgehead atoms. The molecule has 1 saturated heterocycles. The zero-order chi connectivity index (χ0) is 17.3. The molecule has 1 aliphatic rings. The molecule has 1 atom stereocenters. The Labute approximate surface area is 147 Å². The van der Waals surface area contributed by atoms with E-state index in [1.165, 1.54) is 0 Å². The summed E-state index contributed by atoms with van der Waals surface area (Å²) in [5, 5.41) is 3.12. The number of nitrogens with zero attached hydrogens (tertiary/aromatic N) is 4. The molecule has 0 radical (unpaired) electrons. The van der Waals surface area contributed by atoms with E-state index in [-0.39, 0.29) is 11.3 Å².